The first-order valence-corrected chi connectivity index (χ1v) is 9.56. The van der Waals surface area contributed by atoms with Crippen LogP contribution in [0.5, 0.6) is 0 Å². The zero-order valence-electron chi connectivity index (χ0n) is 10.2. The molecule has 0 aliphatic heterocycles. The Morgan fingerprint density at radius 3 is 1.50 bits per heavy atom. The summed E-state index contributed by atoms with van der Waals surface area (Å²) in [4.78, 5) is 0. The molecule has 2 aromatic rings. The SMILES string of the molecule is C[C@H](O)C([Se]c1ccccc1)[Se]c1ccccc1. The number of aliphatic hydroxyl groups is 1. The fraction of sp³-hybridized carbons (Fsp3) is 0.200. The molecule has 0 aromatic heterocycles. The Morgan fingerprint density at radius 2 is 1.17 bits per heavy atom. The van der Waals surface area contributed by atoms with Crippen molar-refractivity contribution in [2.75, 3.05) is 0 Å². The van der Waals surface area contributed by atoms with Crippen LogP contribution >= 0.6 is 0 Å². The van der Waals surface area contributed by atoms with Crippen molar-refractivity contribution in [3.05, 3.63) is 60.7 Å². The van der Waals surface area contributed by atoms with E-state index in [1.165, 1.54) is 8.92 Å². The number of hydrogen-bond acceptors (Lipinski definition) is 1. The molecule has 0 bridgehead atoms. The average molecular weight is 370 g/mol. The molecule has 0 saturated heterocycles. The van der Waals surface area contributed by atoms with Crippen LogP contribution in [0.3, 0.4) is 0 Å². The van der Waals surface area contributed by atoms with Gasteiger partial charge in [-0.15, -0.1) is 0 Å². The van der Waals surface area contributed by atoms with Gasteiger partial charge in [0, 0.05) is 0 Å². The Morgan fingerprint density at radius 1 is 0.778 bits per heavy atom. The fourth-order valence-corrected chi connectivity index (χ4v) is 7.81. The predicted octanol–water partition coefficient (Wildman–Crippen LogP) is 1.17. The number of benzene rings is 2. The second-order valence-corrected chi connectivity index (χ2v) is 10.6. The maximum atomic E-state index is 9.97. The van der Waals surface area contributed by atoms with E-state index in [0.717, 1.165) is 0 Å². The van der Waals surface area contributed by atoms with Crippen molar-refractivity contribution in [3.8, 4) is 0 Å². The summed E-state index contributed by atoms with van der Waals surface area (Å²) in [6.07, 6.45) is -0.231. The van der Waals surface area contributed by atoms with Crippen molar-refractivity contribution < 1.29 is 5.11 Å². The molecule has 1 N–H and O–H groups in total. The zero-order valence-corrected chi connectivity index (χ0v) is 13.6. The summed E-state index contributed by atoms with van der Waals surface area (Å²) in [6, 6.07) is 21.0. The standard InChI is InChI=1S/C15H16OSe2/c1-12(16)15(17-13-8-4-2-5-9-13)18-14-10-6-3-7-11-14/h2-12,15-16H,1H3/t12-/m0/s1. The Hall–Kier alpha value is -0.561. The third-order valence-corrected chi connectivity index (χ3v) is 9.39. The first kappa shape index (κ1) is 13.9. The molecule has 18 heavy (non-hydrogen) atoms. The van der Waals surface area contributed by atoms with Gasteiger partial charge in [-0.25, -0.2) is 0 Å². The van der Waals surface area contributed by atoms with Crippen LogP contribution in [-0.4, -0.2) is 41.1 Å². The van der Waals surface area contributed by atoms with Crippen molar-refractivity contribution in [1.82, 2.24) is 0 Å². The molecular formula is C15H16OSe2. The van der Waals surface area contributed by atoms with Gasteiger partial charge in [-0.05, 0) is 0 Å². The van der Waals surface area contributed by atoms with Gasteiger partial charge in [-0.1, -0.05) is 0 Å². The fourth-order valence-electron chi connectivity index (χ4n) is 1.49. The molecule has 94 valence electrons. The molecule has 1 nitrogen and oxygen atoms in total. The van der Waals surface area contributed by atoms with Gasteiger partial charge in [0.1, 0.15) is 0 Å². The Labute approximate surface area is 121 Å². The van der Waals surface area contributed by atoms with Gasteiger partial charge in [0.05, 0.1) is 0 Å². The maximum absolute atomic E-state index is 9.97. The van der Waals surface area contributed by atoms with Crippen LogP contribution in [0.4, 0.5) is 0 Å². The molecule has 0 spiro atoms. The van der Waals surface area contributed by atoms with Crippen LogP contribution in [0.2, 0.25) is 3.71 Å². The van der Waals surface area contributed by atoms with Crippen LogP contribution in [0.25, 0.3) is 0 Å². The second-order valence-electron chi connectivity index (χ2n) is 3.97. The normalized spacial score (nSPS) is 12.6. The Balaban J connectivity index is 2.05. The molecule has 0 heterocycles. The van der Waals surface area contributed by atoms with Crippen molar-refractivity contribution in [3.63, 3.8) is 0 Å². The third-order valence-electron chi connectivity index (χ3n) is 2.38. The number of aliphatic hydroxyl groups excluding tert-OH is 1. The van der Waals surface area contributed by atoms with Gasteiger partial charge in [-0.3, -0.25) is 0 Å². The summed E-state index contributed by atoms with van der Waals surface area (Å²) < 4.78 is 3.14. The molecule has 3 heteroatoms. The second kappa shape index (κ2) is 7.13. The molecule has 0 aliphatic carbocycles. The van der Waals surface area contributed by atoms with Crippen molar-refractivity contribution >= 4 is 38.8 Å². The molecule has 2 rings (SSSR count). The van der Waals surface area contributed by atoms with Crippen molar-refractivity contribution in [1.29, 1.82) is 0 Å². The van der Waals surface area contributed by atoms with Crippen molar-refractivity contribution in [2.24, 2.45) is 0 Å². The summed E-state index contributed by atoms with van der Waals surface area (Å²) in [5.41, 5.74) is 0. The minimum atomic E-state index is -0.231. The quantitative estimate of drug-likeness (QED) is 0.784. The van der Waals surface area contributed by atoms with E-state index in [2.05, 4.69) is 48.5 Å². The van der Waals surface area contributed by atoms with Gasteiger partial charge in [0.2, 0.25) is 0 Å². The van der Waals surface area contributed by atoms with Crippen LogP contribution in [0, 0.1) is 0 Å². The van der Waals surface area contributed by atoms with E-state index in [4.69, 9.17) is 0 Å². The minimum absolute atomic E-state index is 0.231. The van der Waals surface area contributed by atoms with Gasteiger partial charge in [0.15, 0.2) is 0 Å². The number of hydrogen-bond donors (Lipinski definition) is 1. The van der Waals surface area contributed by atoms with Gasteiger partial charge < -0.3 is 0 Å². The molecule has 0 radical (unpaired) electrons. The Bertz CT molecular complexity index is 415. The van der Waals surface area contributed by atoms with Crippen molar-refractivity contribution in [2.45, 2.75) is 16.7 Å². The topological polar surface area (TPSA) is 20.2 Å². The summed E-state index contributed by atoms with van der Waals surface area (Å²) in [5.74, 6) is 0. The molecule has 0 amide bonds. The summed E-state index contributed by atoms with van der Waals surface area (Å²) in [6.45, 7) is 1.92. The molecule has 2 aromatic carbocycles. The summed E-state index contributed by atoms with van der Waals surface area (Å²) >= 11 is 0.677. The van der Waals surface area contributed by atoms with Crippen LogP contribution < -0.4 is 8.92 Å². The first-order chi connectivity index (χ1) is 8.75. The average Bonchev–Trinajstić information content (AvgIpc) is 2.40. The first-order valence-electron chi connectivity index (χ1n) is 5.87. The summed E-state index contributed by atoms with van der Waals surface area (Å²) in [5, 5.41) is 9.97. The van der Waals surface area contributed by atoms with Crippen LogP contribution in [-0.2, 0) is 0 Å². The number of rotatable bonds is 5. The van der Waals surface area contributed by atoms with E-state index in [-0.39, 0.29) is 6.10 Å². The molecule has 0 fully saturated rings. The van der Waals surface area contributed by atoms with E-state index in [9.17, 15) is 5.11 Å². The molecule has 0 aliphatic rings. The third kappa shape index (κ3) is 4.28. The van der Waals surface area contributed by atoms with E-state index in [1.54, 1.807) is 0 Å². The summed E-state index contributed by atoms with van der Waals surface area (Å²) in [7, 11) is 0. The Kier molecular flexibility index (Phi) is 5.49. The van der Waals surface area contributed by atoms with Gasteiger partial charge in [0.25, 0.3) is 0 Å². The van der Waals surface area contributed by atoms with Crippen LogP contribution in [0.15, 0.2) is 60.7 Å². The van der Waals surface area contributed by atoms with E-state index >= 15 is 0 Å². The molecule has 0 saturated carbocycles. The monoisotopic (exact) mass is 372 g/mol. The molecule has 1 atom stereocenters. The van der Waals surface area contributed by atoms with Crippen LogP contribution in [0.1, 0.15) is 6.92 Å². The van der Waals surface area contributed by atoms with E-state index < -0.39 is 0 Å². The van der Waals surface area contributed by atoms with Gasteiger partial charge >= 0.3 is 121 Å². The van der Waals surface area contributed by atoms with Gasteiger partial charge in [-0.2, -0.15) is 0 Å². The predicted molar refractivity (Wildman–Crippen MR) is 79.1 cm³/mol. The zero-order chi connectivity index (χ0) is 12.8. The van der Waals surface area contributed by atoms with E-state index in [1.807, 2.05) is 19.1 Å². The molecule has 0 unspecified atom stereocenters. The molecular weight excluding hydrogens is 354 g/mol. The van der Waals surface area contributed by atoms with E-state index in [0.29, 0.717) is 33.6 Å².